The van der Waals surface area contributed by atoms with Crippen LogP contribution in [0.2, 0.25) is 0 Å². The predicted molar refractivity (Wildman–Crippen MR) is 104 cm³/mol. The number of hydrogen-bond donors (Lipinski definition) is 2. The number of H-pyrrole nitrogens is 1. The second-order valence-electron chi connectivity index (χ2n) is 6.23. The second-order valence-corrected chi connectivity index (χ2v) is 8.22. The Morgan fingerprint density at radius 3 is 2.39 bits per heavy atom. The summed E-state index contributed by atoms with van der Waals surface area (Å²) < 4.78 is 25.9. The van der Waals surface area contributed by atoms with Crippen LogP contribution in [-0.4, -0.2) is 34.1 Å². The van der Waals surface area contributed by atoms with Crippen molar-refractivity contribution >= 4 is 9.84 Å². The topological polar surface area (TPSA) is 109 Å². The molecule has 0 unspecified atom stereocenters. The van der Waals surface area contributed by atoms with Crippen molar-refractivity contribution in [2.24, 2.45) is 0 Å². The lowest BCUT2D eigenvalue weighted by Gasteiger charge is -2.10. The minimum atomic E-state index is -3.69. The summed E-state index contributed by atoms with van der Waals surface area (Å²) in [6, 6.07) is 20.9. The van der Waals surface area contributed by atoms with Gasteiger partial charge in [-0.2, -0.15) is 5.21 Å². The van der Waals surface area contributed by atoms with Crippen LogP contribution in [0.3, 0.4) is 0 Å². The molecule has 4 aromatic rings. The van der Waals surface area contributed by atoms with Crippen molar-refractivity contribution in [3.63, 3.8) is 0 Å². The zero-order valence-corrected chi connectivity index (χ0v) is 15.5. The van der Waals surface area contributed by atoms with Gasteiger partial charge in [0.1, 0.15) is 5.75 Å². The largest absolute Gasteiger partial charge is 0.508 e. The van der Waals surface area contributed by atoms with E-state index in [4.69, 9.17) is 0 Å². The van der Waals surface area contributed by atoms with Crippen LogP contribution in [-0.2, 0) is 15.6 Å². The van der Waals surface area contributed by atoms with E-state index in [1.165, 1.54) is 18.2 Å². The zero-order chi connectivity index (χ0) is 19.6. The predicted octanol–water partition coefficient (Wildman–Crippen LogP) is 3.21. The number of aromatic nitrogens is 4. The quantitative estimate of drug-likeness (QED) is 0.540. The molecule has 0 amide bonds. The Bertz CT molecular complexity index is 1210. The monoisotopic (exact) mass is 392 g/mol. The first-order valence-corrected chi connectivity index (χ1v) is 10.1. The smallest absolute Gasteiger partial charge is 0.204 e. The number of rotatable bonds is 5. The molecule has 8 heteroatoms. The Balaban J connectivity index is 1.68. The van der Waals surface area contributed by atoms with E-state index in [0.717, 1.165) is 11.1 Å². The third-order valence-electron chi connectivity index (χ3n) is 4.33. The van der Waals surface area contributed by atoms with Gasteiger partial charge in [0, 0.05) is 11.1 Å². The minimum absolute atomic E-state index is 0.0578. The van der Waals surface area contributed by atoms with Gasteiger partial charge >= 0.3 is 0 Å². The number of benzene rings is 3. The molecule has 0 saturated carbocycles. The van der Waals surface area contributed by atoms with Crippen molar-refractivity contribution in [3.8, 4) is 28.3 Å². The molecule has 4 rings (SSSR count). The molecule has 0 aliphatic heterocycles. The highest BCUT2D eigenvalue weighted by atomic mass is 32.2. The number of tetrazole rings is 1. The molecule has 0 bridgehead atoms. The fourth-order valence-electron chi connectivity index (χ4n) is 2.91. The van der Waals surface area contributed by atoms with E-state index in [2.05, 4.69) is 20.6 Å². The van der Waals surface area contributed by atoms with E-state index in [9.17, 15) is 13.5 Å². The Kier molecular flexibility index (Phi) is 4.62. The first-order chi connectivity index (χ1) is 13.5. The van der Waals surface area contributed by atoms with Crippen LogP contribution in [0.4, 0.5) is 0 Å². The SMILES string of the molecule is O=S(=O)(Cc1cc(-c2ccccc2)ccc1O)c1cccc(-c2nn[nH]n2)c1. The maximum absolute atomic E-state index is 12.9. The summed E-state index contributed by atoms with van der Waals surface area (Å²) in [5, 5.41) is 23.8. The lowest BCUT2D eigenvalue weighted by atomic mass is 10.0. The van der Waals surface area contributed by atoms with Gasteiger partial charge in [0.2, 0.25) is 5.82 Å². The van der Waals surface area contributed by atoms with Crippen LogP contribution < -0.4 is 0 Å². The number of nitrogens with zero attached hydrogens (tertiary/aromatic N) is 3. The fraction of sp³-hybridized carbons (Fsp3) is 0.0500. The van der Waals surface area contributed by atoms with Gasteiger partial charge in [-0.15, -0.1) is 10.2 Å². The molecule has 7 nitrogen and oxygen atoms in total. The summed E-state index contributed by atoms with van der Waals surface area (Å²) >= 11 is 0. The van der Waals surface area contributed by atoms with Crippen molar-refractivity contribution in [3.05, 3.63) is 78.4 Å². The standard InChI is InChI=1S/C20H16N4O3S/c25-19-10-9-15(14-5-2-1-3-6-14)11-17(19)13-28(26,27)18-8-4-7-16(12-18)20-21-23-24-22-20/h1-12,25H,13H2,(H,21,22,23,24). The van der Waals surface area contributed by atoms with E-state index >= 15 is 0 Å². The number of phenols is 1. The Labute approximate surface area is 161 Å². The highest BCUT2D eigenvalue weighted by Crippen LogP contribution is 2.29. The number of phenolic OH excluding ortho intramolecular Hbond substituents is 1. The average molecular weight is 392 g/mol. The van der Waals surface area contributed by atoms with Gasteiger partial charge in [-0.3, -0.25) is 0 Å². The van der Waals surface area contributed by atoms with Crippen molar-refractivity contribution < 1.29 is 13.5 Å². The molecule has 140 valence electrons. The molecule has 0 aliphatic rings. The molecule has 0 fully saturated rings. The third-order valence-corrected chi connectivity index (χ3v) is 5.99. The maximum Gasteiger partial charge on any atom is 0.204 e. The molecule has 0 radical (unpaired) electrons. The lowest BCUT2D eigenvalue weighted by molar-refractivity contribution is 0.470. The molecule has 1 heterocycles. The lowest BCUT2D eigenvalue weighted by Crippen LogP contribution is -2.05. The van der Waals surface area contributed by atoms with Crippen molar-refractivity contribution in [2.75, 3.05) is 0 Å². The first kappa shape index (κ1) is 17.9. The minimum Gasteiger partial charge on any atom is -0.508 e. The van der Waals surface area contributed by atoms with Crippen LogP contribution >= 0.6 is 0 Å². The van der Waals surface area contributed by atoms with Gasteiger partial charge in [0.25, 0.3) is 0 Å². The van der Waals surface area contributed by atoms with Crippen LogP contribution in [0.15, 0.2) is 77.7 Å². The molecule has 28 heavy (non-hydrogen) atoms. The normalized spacial score (nSPS) is 11.4. The Morgan fingerprint density at radius 2 is 1.64 bits per heavy atom. The van der Waals surface area contributed by atoms with E-state index in [1.54, 1.807) is 24.3 Å². The van der Waals surface area contributed by atoms with Gasteiger partial charge < -0.3 is 5.11 Å². The molecule has 0 saturated heterocycles. The zero-order valence-electron chi connectivity index (χ0n) is 14.6. The summed E-state index contributed by atoms with van der Waals surface area (Å²) in [7, 11) is -3.69. The fourth-order valence-corrected chi connectivity index (χ4v) is 4.31. The van der Waals surface area contributed by atoms with E-state index in [-0.39, 0.29) is 16.4 Å². The second kappa shape index (κ2) is 7.24. The summed E-state index contributed by atoms with van der Waals surface area (Å²) in [4.78, 5) is 0.124. The van der Waals surface area contributed by atoms with Crippen LogP contribution in [0, 0.1) is 0 Å². The summed E-state index contributed by atoms with van der Waals surface area (Å²) in [5.41, 5.74) is 2.66. The van der Waals surface area contributed by atoms with Gasteiger partial charge in [-0.25, -0.2) is 8.42 Å². The van der Waals surface area contributed by atoms with Crippen LogP contribution in [0.1, 0.15) is 5.56 Å². The van der Waals surface area contributed by atoms with Crippen LogP contribution in [0.5, 0.6) is 5.75 Å². The molecule has 3 aromatic carbocycles. The van der Waals surface area contributed by atoms with Crippen molar-refractivity contribution in [1.29, 1.82) is 0 Å². The first-order valence-electron chi connectivity index (χ1n) is 8.47. The van der Waals surface area contributed by atoms with Crippen molar-refractivity contribution in [2.45, 2.75) is 10.6 Å². The Morgan fingerprint density at radius 1 is 0.857 bits per heavy atom. The number of hydrogen-bond acceptors (Lipinski definition) is 6. The molecule has 0 spiro atoms. The maximum atomic E-state index is 12.9. The van der Waals surface area contributed by atoms with Gasteiger partial charge in [-0.05, 0) is 40.6 Å². The Hall–Kier alpha value is -3.52. The number of nitrogens with one attached hydrogen (secondary N) is 1. The van der Waals surface area contributed by atoms with E-state index in [0.29, 0.717) is 17.0 Å². The van der Waals surface area contributed by atoms with Crippen molar-refractivity contribution in [1.82, 2.24) is 20.6 Å². The highest BCUT2D eigenvalue weighted by Gasteiger charge is 2.19. The molecule has 2 N–H and O–H groups in total. The number of sulfone groups is 1. The van der Waals surface area contributed by atoms with E-state index < -0.39 is 9.84 Å². The van der Waals surface area contributed by atoms with Gasteiger partial charge in [-0.1, -0.05) is 48.5 Å². The molecular weight excluding hydrogens is 376 g/mol. The number of aromatic amines is 1. The average Bonchev–Trinajstić information content (AvgIpc) is 3.25. The summed E-state index contributed by atoms with van der Waals surface area (Å²) in [5.74, 6) is -0.0709. The summed E-state index contributed by atoms with van der Waals surface area (Å²) in [6.45, 7) is 0. The molecular formula is C20H16N4O3S. The third kappa shape index (κ3) is 3.63. The van der Waals surface area contributed by atoms with Crippen LogP contribution in [0.25, 0.3) is 22.5 Å². The van der Waals surface area contributed by atoms with E-state index in [1.807, 2.05) is 30.3 Å². The van der Waals surface area contributed by atoms with Gasteiger partial charge in [0.15, 0.2) is 9.84 Å². The van der Waals surface area contributed by atoms with Gasteiger partial charge in [0.05, 0.1) is 10.6 Å². The molecule has 0 atom stereocenters. The summed E-state index contributed by atoms with van der Waals surface area (Å²) in [6.07, 6.45) is 0. The highest BCUT2D eigenvalue weighted by molar-refractivity contribution is 7.90. The molecule has 1 aromatic heterocycles. The molecule has 0 aliphatic carbocycles. The number of aromatic hydroxyl groups is 1.